The first kappa shape index (κ1) is 25.9. The second-order valence-electron chi connectivity index (χ2n) is 8.40. The van der Waals surface area contributed by atoms with E-state index < -0.39 is 12.1 Å². The third-order valence-corrected chi connectivity index (χ3v) is 6.56. The molecule has 4 rings (SSSR count). The van der Waals surface area contributed by atoms with E-state index in [9.17, 15) is 9.59 Å². The van der Waals surface area contributed by atoms with Crippen molar-refractivity contribution in [1.29, 1.82) is 0 Å². The van der Waals surface area contributed by atoms with E-state index >= 15 is 0 Å². The lowest BCUT2D eigenvalue weighted by molar-refractivity contribution is -0.130. The first-order valence-corrected chi connectivity index (χ1v) is 12.6. The monoisotopic (exact) mass is 555 g/mol. The predicted molar refractivity (Wildman–Crippen MR) is 143 cm³/mol. The lowest BCUT2D eigenvalue weighted by Crippen LogP contribution is -2.57. The van der Waals surface area contributed by atoms with Gasteiger partial charge in [0.05, 0.1) is 32.5 Å². The zero-order valence-corrected chi connectivity index (χ0v) is 22.1. The quantitative estimate of drug-likeness (QED) is 0.419. The van der Waals surface area contributed by atoms with E-state index in [1.54, 1.807) is 19.1 Å². The topological polar surface area (TPSA) is 89.1 Å². The molecule has 190 valence electrons. The number of nitrogens with zero attached hydrogens (tertiary/aromatic N) is 1. The number of anilines is 1. The molecule has 1 heterocycles. The van der Waals surface area contributed by atoms with Gasteiger partial charge in [0, 0.05) is 16.6 Å². The molecule has 0 aromatic heterocycles. The predicted octanol–water partition coefficient (Wildman–Crippen LogP) is 3.65. The third kappa shape index (κ3) is 5.48. The molecule has 3 aromatic carbocycles. The van der Waals surface area contributed by atoms with Crippen LogP contribution in [0.25, 0.3) is 10.8 Å². The SMILES string of the molecule is CCOCC1Oc2ccccc2N(Cc2c(OC)ccc3cc(Br)ccc23)C(=O)C1NC(=O)CNC. The van der Waals surface area contributed by atoms with Crippen LogP contribution in [0.4, 0.5) is 5.69 Å². The number of rotatable bonds is 9. The molecule has 2 unspecified atom stereocenters. The van der Waals surface area contributed by atoms with Crippen molar-refractivity contribution in [3.63, 3.8) is 0 Å². The molecule has 2 amide bonds. The molecule has 0 saturated carbocycles. The van der Waals surface area contributed by atoms with Gasteiger partial charge in [-0.05, 0) is 55.1 Å². The van der Waals surface area contributed by atoms with Gasteiger partial charge < -0.3 is 29.7 Å². The van der Waals surface area contributed by atoms with Crippen LogP contribution in [-0.2, 0) is 20.9 Å². The standard InChI is InChI=1S/C27H30BrN3O5/c1-4-35-16-24-26(30-25(32)14-29-2)27(33)31(21-7-5-6-8-23(21)36-24)15-20-19-11-10-18(28)13-17(19)9-12-22(20)34-3/h5-13,24,26,29H,4,14-16H2,1-3H3,(H,30,32). The number of hydrogen-bond acceptors (Lipinski definition) is 6. The Morgan fingerprint density at radius 2 is 1.97 bits per heavy atom. The molecule has 0 radical (unpaired) electrons. The maximum Gasteiger partial charge on any atom is 0.253 e. The molecular weight excluding hydrogens is 526 g/mol. The van der Waals surface area contributed by atoms with Crippen LogP contribution in [0, 0.1) is 0 Å². The summed E-state index contributed by atoms with van der Waals surface area (Å²) in [7, 11) is 3.29. The number of hydrogen-bond donors (Lipinski definition) is 2. The molecule has 0 spiro atoms. The molecule has 1 aliphatic heterocycles. The number of methoxy groups -OCH3 is 1. The fourth-order valence-corrected chi connectivity index (χ4v) is 4.76. The minimum absolute atomic E-state index is 0.0735. The van der Waals surface area contributed by atoms with Crippen molar-refractivity contribution in [3.05, 3.63) is 64.6 Å². The van der Waals surface area contributed by atoms with Crippen molar-refractivity contribution in [2.45, 2.75) is 25.6 Å². The van der Waals surface area contributed by atoms with Gasteiger partial charge in [-0.15, -0.1) is 0 Å². The summed E-state index contributed by atoms with van der Waals surface area (Å²) in [5.41, 5.74) is 1.47. The zero-order valence-electron chi connectivity index (χ0n) is 20.5. The number of fused-ring (bicyclic) bond motifs is 2. The number of carbonyl (C=O) groups is 2. The Morgan fingerprint density at radius 3 is 2.72 bits per heavy atom. The summed E-state index contributed by atoms with van der Waals surface area (Å²) in [5, 5.41) is 7.66. The molecule has 1 aliphatic rings. The Labute approximate surface area is 219 Å². The summed E-state index contributed by atoms with van der Waals surface area (Å²) in [6.07, 6.45) is -0.699. The Bertz CT molecular complexity index is 1250. The van der Waals surface area contributed by atoms with Crippen molar-refractivity contribution in [3.8, 4) is 11.5 Å². The highest BCUT2D eigenvalue weighted by Crippen LogP contribution is 2.37. The fourth-order valence-electron chi connectivity index (χ4n) is 4.38. The van der Waals surface area contributed by atoms with Crippen LogP contribution in [0.1, 0.15) is 12.5 Å². The Hall–Kier alpha value is -3.14. The number of carbonyl (C=O) groups excluding carboxylic acids is 2. The lowest BCUT2D eigenvalue weighted by Gasteiger charge is -2.28. The average Bonchev–Trinajstić information content (AvgIpc) is 2.98. The smallest absolute Gasteiger partial charge is 0.253 e. The molecule has 9 heteroatoms. The van der Waals surface area contributed by atoms with Gasteiger partial charge in [0.15, 0.2) is 6.10 Å². The van der Waals surface area contributed by atoms with Crippen molar-refractivity contribution in [1.82, 2.24) is 10.6 Å². The largest absolute Gasteiger partial charge is 0.496 e. The molecule has 2 atom stereocenters. The van der Waals surface area contributed by atoms with Gasteiger partial charge in [0.25, 0.3) is 5.91 Å². The highest BCUT2D eigenvalue weighted by molar-refractivity contribution is 9.10. The van der Waals surface area contributed by atoms with E-state index in [4.69, 9.17) is 14.2 Å². The van der Waals surface area contributed by atoms with Crippen molar-refractivity contribution in [2.24, 2.45) is 0 Å². The second kappa shape index (κ2) is 11.7. The van der Waals surface area contributed by atoms with Crippen LogP contribution in [0.2, 0.25) is 0 Å². The van der Waals surface area contributed by atoms with Crippen LogP contribution >= 0.6 is 15.9 Å². The minimum atomic E-state index is -0.945. The van der Waals surface area contributed by atoms with Crippen LogP contribution in [0.3, 0.4) is 0 Å². The maximum atomic E-state index is 14.1. The molecule has 8 nitrogen and oxygen atoms in total. The lowest BCUT2D eigenvalue weighted by atomic mass is 10.0. The molecule has 36 heavy (non-hydrogen) atoms. The first-order valence-electron chi connectivity index (χ1n) is 11.8. The Kier molecular flexibility index (Phi) is 8.45. The van der Waals surface area contributed by atoms with Gasteiger partial charge in [0.2, 0.25) is 5.91 Å². The number of nitrogens with one attached hydrogen (secondary N) is 2. The Balaban J connectivity index is 1.81. The molecule has 3 aromatic rings. The van der Waals surface area contributed by atoms with Gasteiger partial charge in [-0.2, -0.15) is 0 Å². The number of ether oxygens (including phenoxy) is 3. The molecule has 0 bridgehead atoms. The molecule has 0 fully saturated rings. The van der Waals surface area contributed by atoms with E-state index in [2.05, 4.69) is 26.6 Å². The van der Waals surface area contributed by atoms with Crippen LogP contribution in [0.5, 0.6) is 11.5 Å². The highest BCUT2D eigenvalue weighted by atomic mass is 79.9. The number of benzene rings is 3. The minimum Gasteiger partial charge on any atom is -0.496 e. The average molecular weight is 556 g/mol. The van der Waals surface area contributed by atoms with Crippen molar-refractivity contribution < 1.29 is 23.8 Å². The fraction of sp³-hybridized carbons (Fsp3) is 0.333. The highest BCUT2D eigenvalue weighted by Gasteiger charge is 2.40. The van der Waals surface area contributed by atoms with E-state index in [-0.39, 0.29) is 31.5 Å². The summed E-state index contributed by atoms with van der Waals surface area (Å²) >= 11 is 3.53. The summed E-state index contributed by atoms with van der Waals surface area (Å²) < 4.78 is 18.6. The van der Waals surface area contributed by atoms with E-state index in [1.807, 2.05) is 61.5 Å². The van der Waals surface area contributed by atoms with Gasteiger partial charge in [0.1, 0.15) is 17.5 Å². The van der Waals surface area contributed by atoms with Crippen molar-refractivity contribution in [2.75, 3.05) is 38.8 Å². The molecule has 2 N–H and O–H groups in total. The summed E-state index contributed by atoms with van der Waals surface area (Å²) in [6, 6.07) is 16.3. The number of likely N-dealkylation sites (N-methyl/N-ethyl adjacent to an activating group) is 1. The van der Waals surface area contributed by atoms with Crippen LogP contribution in [-0.4, -0.2) is 57.9 Å². The second-order valence-corrected chi connectivity index (χ2v) is 9.31. The summed E-state index contributed by atoms with van der Waals surface area (Å²) in [4.78, 5) is 28.3. The maximum absolute atomic E-state index is 14.1. The van der Waals surface area contributed by atoms with Gasteiger partial charge in [-0.3, -0.25) is 9.59 Å². The number of halogens is 1. The van der Waals surface area contributed by atoms with Crippen molar-refractivity contribution >= 4 is 44.2 Å². The molecule has 0 saturated heterocycles. The molecular formula is C27H30BrN3O5. The Morgan fingerprint density at radius 1 is 1.17 bits per heavy atom. The normalized spacial score (nSPS) is 17.3. The van der Waals surface area contributed by atoms with Gasteiger partial charge in [-0.1, -0.05) is 40.2 Å². The first-order chi connectivity index (χ1) is 17.5. The van der Waals surface area contributed by atoms with Gasteiger partial charge in [-0.25, -0.2) is 0 Å². The number of amides is 2. The van der Waals surface area contributed by atoms with E-state index in [0.29, 0.717) is 23.8 Å². The third-order valence-electron chi connectivity index (χ3n) is 6.06. The zero-order chi connectivity index (χ0) is 25.7. The van der Waals surface area contributed by atoms with E-state index in [1.165, 1.54) is 0 Å². The van der Waals surface area contributed by atoms with Crippen LogP contribution in [0.15, 0.2) is 59.1 Å². The van der Waals surface area contributed by atoms with E-state index in [0.717, 1.165) is 20.8 Å². The summed E-state index contributed by atoms with van der Waals surface area (Å²) in [6.45, 7) is 2.78. The molecule has 0 aliphatic carbocycles. The van der Waals surface area contributed by atoms with Gasteiger partial charge >= 0.3 is 0 Å². The summed E-state index contributed by atoms with van der Waals surface area (Å²) in [5.74, 6) is 0.620. The number of para-hydroxylation sites is 2. The van der Waals surface area contributed by atoms with Crippen LogP contribution < -0.4 is 25.0 Å².